The fourth-order valence-corrected chi connectivity index (χ4v) is 3.07. The Balaban J connectivity index is 1.97. The van der Waals surface area contributed by atoms with Crippen molar-refractivity contribution >= 4 is 40.3 Å². The number of anilines is 1. The largest absolute Gasteiger partial charge is 0.495 e. The zero-order chi connectivity index (χ0) is 17.0. The normalized spacial score (nSPS) is 10.4. The molecule has 1 aromatic carbocycles. The number of methoxy groups -OCH3 is 1. The standard InChI is InChI=1S/C17H18ClNO3S/c1-10-8-13(15(22-3)9-12(10)18)19-17(21)7-5-14(20)16-6-4-11(2)23-16/h4,6,8-9H,5,7H2,1-3H3,(H,19,21). The number of hydrogen-bond donors (Lipinski definition) is 1. The molecule has 2 rings (SSSR count). The molecule has 0 spiro atoms. The summed E-state index contributed by atoms with van der Waals surface area (Å²) in [6, 6.07) is 7.11. The molecule has 0 unspecified atom stereocenters. The van der Waals surface area contributed by atoms with Crippen LogP contribution in [0.5, 0.6) is 5.75 Å². The van der Waals surface area contributed by atoms with Gasteiger partial charge >= 0.3 is 0 Å². The highest BCUT2D eigenvalue weighted by molar-refractivity contribution is 7.14. The van der Waals surface area contributed by atoms with Crippen LogP contribution in [0.4, 0.5) is 5.69 Å². The highest BCUT2D eigenvalue weighted by Gasteiger charge is 2.13. The Morgan fingerprint density at radius 2 is 1.96 bits per heavy atom. The third-order valence-corrected chi connectivity index (χ3v) is 4.80. The topological polar surface area (TPSA) is 55.4 Å². The number of carbonyl (C=O) groups excluding carboxylic acids is 2. The molecule has 1 N–H and O–H groups in total. The van der Waals surface area contributed by atoms with Crippen molar-refractivity contribution in [1.29, 1.82) is 0 Å². The molecule has 6 heteroatoms. The van der Waals surface area contributed by atoms with Crippen molar-refractivity contribution in [2.45, 2.75) is 26.7 Å². The van der Waals surface area contributed by atoms with Crippen molar-refractivity contribution in [2.75, 3.05) is 12.4 Å². The number of hydrogen-bond acceptors (Lipinski definition) is 4. The molecule has 0 fully saturated rings. The number of nitrogens with one attached hydrogen (secondary N) is 1. The summed E-state index contributed by atoms with van der Waals surface area (Å²) in [6.45, 7) is 3.80. The number of ketones is 1. The second-order valence-electron chi connectivity index (χ2n) is 5.18. The maximum Gasteiger partial charge on any atom is 0.224 e. The molecule has 0 bridgehead atoms. The number of amides is 1. The second-order valence-corrected chi connectivity index (χ2v) is 6.88. The summed E-state index contributed by atoms with van der Waals surface area (Å²) >= 11 is 7.48. The molecule has 1 aromatic heterocycles. The molecule has 0 aliphatic rings. The van der Waals surface area contributed by atoms with E-state index in [9.17, 15) is 9.59 Å². The SMILES string of the molecule is COc1cc(Cl)c(C)cc1NC(=O)CCC(=O)c1ccc(C)s1. The predicted molar refractivity (Wildman–Crippen MR) is 94.0 cm³/mol. The van der Waals surface area contributed by atoms with Crippen molar-refractivity contribution in [3.05, 3.63) is 44.6 Å². The van der Waals surface area contributed by atoms with Crippen LogP contribution in [0.2, 0.25) is 5.02 Å². The smallest absolute Gasteiger partial charge is 0.224 e. The van der Waals surface area contributed by atoms with Crippen LogP contribution in [0.25, 0.3) is 0 Å². The average Bonchev–Trinajstić information content (AvgIpc) is 2.95. The van der Waals surface area contributed by atoms with Crippen molar-refractivity contribution in [3.8, 4) is 5.75 Å². The first-order chi connectivity index (χ1) is 10.9. The molecule has 0 aliphatic carbocycles. The average molecular weight is 352 g/mol. The highest BCUT2D eigenvalue weighted by atomic mass is 35.5. The fraction of sp³-hybridized carbons (Fsp3) is 0.294. The Morgan fingerprint density at radius 1 is 1.22 bits per heavy atom. The Morgan fingerprint density at radius 3 is 2.57 bits per heavy atom. The lowest BCUT2D eigenvalue weighted by Crippen LogP contribution is -2.14. The van der Waals surface area contributed by atoms with Gasteiger partial charge in [0.1, 0.15) is 5.75 Å². The Labute approximate surface area is 144 Å². The predicted octanol–water partition coefficient (Wildman–Crippen LogP) is 4.63. The first-order valence-corrected chi connectivity index (χ1v) is 8.33. The molecule has 0 saturated heterocycles. The highest BCUT2D eigenvalue weighted by Crippen LogP contribution is 2.31. The number of ether oxygens (including phenoxy) is 1. The molecule has 0 radical (unpaired) electrons. The third kappa shape index (κ3) is 4.56. The maximum absolute atomic E-state index is 12.1. The minimum Gasteiger partial charge on any atom is -0.495 e. The Bertz CT molecular complexity index is 739. The van der Waals surface area contributed by atoms with E-state index in [0.717, 1.165) is 10.4 Å². The number of thiophene rings is 1. The maximum atomic E-state index is 12.1. The van der Waals surface area contributed by atoms with Gasteiger partial charge in [-0.1, -0.05) is 11.6 Å². The summed E-state index contributed by atoms with van der Waals surface area (Å²) in [7, 11) is 1.51. The molecule has 0 atom stereocenters. The van der Waals surface area contributed by atoms with E-state index in [4.69, 9.17) is 16.3 Å². The zero-order valence-corrected chi connectivity index (χ0v) is 14.8. The summed E-state index contributed by atoms with van der Waals surface area (Å²) in [5.41, 5.74) is 1.40. The minimum atomic E-state index is -0.230. The molecule has 0 saturated carbocycles. The monoisotopic (exact) mass is 351 g/mol. The Kier molecular flexibility index (Phi) is 5.80. The molecule has 23 heavy (non-hydrogen) atoms. The van der Waals surface area contributed by atoms with Crippen molar-refractivity contribution in [1.82, 2.24) is 0 Å². The molecule has 1 heterocycles. The van der Waals surface area contributed by atoms with Gasteiger partial charge in [-0.2, -0.15) is 0 Å². The fourth-order valence-electron chi connectivity index (χ4n) is 2.08. The van der Waals surface area contributed by atoms with Gasteiger partial charge in [-0.15, -0.1) is 11.3 Å². The summed E-state index contributed by atoms with van der Waals surface area (Å²) in [5.74, 6) is 0.248. The van der Waals surface area contributed by atoms with Gasteiger partial charge in [-0.05, 0) is 37.6 Å². The number of Topliss-reactive ketones (excluding diaryl/α,β-unsaturated/α-hetero) is 1. The lowest BCUT2D eigenvalue weighted by Gasteiger charge is -2.12. The van der Waals surface area contributed by atoms with E-state index in [-0.39, 0.29) is 24.5 Å². The summed E-state index contributed by atoms with van der Waals surface area (Å²) in [5, 5.41) is 3.34. The van der Waals surface area contributed by atoms with Gasteiger partial charge in [0.05, 0.1) is 17.7 Å². The van der Waals surface area contributed by atoms with E-state index in [2.05, 4.69) is 5.32 Å². The van der Waals surface area contributed by atoms with Gasteiger partial charge in [0, 0.05) is 28.8 Å². The van der Waals surface area contributed by atoms with Gasteiger partial charge < -0.3 is 10.1 Å². The first-order valence-electron chi connectivity index (χ1n) is 7.14. The van der Waals surface area contributed by atoms with Crippen molar-refractivity contribution < 1.29 is 14.3 Å². The number of halogens is 1. The molecule has 0 aliphatic heterocycles. The first kappa shape index (κ1) is 17.5. The minimum absolute atomic E-state index is 0.0162. The third-order valence-electron chi connectivity index (χ3n) is 3.35. The number of benzene rings is 1. The summed E-state index contributed by atoms with van der Waals surface area (Å²) in [6.07, 6.45) is 0.307. The molecular weight excluding hydrogens is 334 g/mol. The van der Waals surface area contributed by atoms with Gasteiger partial charge in [0.15, 0.2) is 5.78 Å². The van der Waals surface area contributed by atoms with E-state index in [1.165, 1.54) is 18.4 Å². The molecule has 1 amide bonds. The summed E-state index contributed by atoms with van der Waals surface area (Å²) in [4.78, 5) is 25.9. The van der Waals surface area contributed by atoms with Crippen LogP contribution in [0, 0.1) is 13.8 Å². The molecule has 122 valence electrons. The van der Waals surface area contributed by atoms with E-state index in [1.807, 2.05) is 19.9 Å². The lowest BCUT2D eigenvalue weighted by molar-refractivity contribution is -0.116. The van der Waals surface area contributed by atoms with Crippen molar-refractivity contribution in [2.24, 2.45) is 0 Å². The van der Waals surface area contributed by atoms with E-state index < -0.39 is 0 Å². The van der Waals surface area contributed by atoms with E-state index in [0.29, 0.717) is 21.3 Å². The van der Waals surface area contributed by atoms with Gasteiger partial charge in [-0.3, -0.25) is 9.59 Å². The summed E-state index contributed by atoms with van der Waals surface area (Å²) < 4.78 is 5.22. The van der Waals surface area contributed by atoms with Crippen LogP contribution in [-0.2, 0) is 4.79 Å². The van der Waals surface area contributed by atoms with Crippen LogP contribution in [0.1, 0.15) is 33.0 Å². The van der Waals surface area contributed by atoms with Crippen LogP contribution in [0.3, 0.4) is 0 Å². The van der Waals surface area contributed by atoms with Crippen molar-refractivity contribution in [3.63, 3.8) is 0 Å². The Hall–Kier alpha value is -1.85. The molecule has 2 aromatic rings. The molecule has 4 nitrogen and oxygen atoms in total. The van der Waals surface area contributed by atoms with E-state index in [1.54, 1.807) is 18.2 Å². The molecular formula is C17H18ClNO3S. The van der Waals surface area contributed by atoms with Gasteiger partial charge in [0.25, 0.3) is 0 Å². The number of carbonyl (C=O) groups is 2. The lowest BCUT2D eigenvalue weighted by atomic mass is 10.1. The second kappa shape index (κ2) is 7.62. The van der Waals surface area contributed by atoms with Crippen LogP contribution in [0.15, 0.2) is 24.3 Å². The van der Waals surface area contributed by atoms with Gasteiger partial charge in [0.2, 0.25) is 5.91 Å². The quantitative estimate of drug-likeness (QED) is 0.772. The van der Waals surface area contributed by atoms with Crippen LogP contribution < -0.4 is 10.1 Å². The van der Waals surface area contributed by atoms with Crippen LogP contribution >= 0.6 is 22.9 Å². The van der Waals surface area contributed by atoms with Gasteiger partial charge in [-0.25, -0.2) is 0 Å². The number of aryl methyl sites for hydroxylation is 2. The van der Waals surface area contributed by atoms with Crippen LogP contribution in [-0.4, -0.2) is 18.8 Å². The zero-order valence-electron chi connectivity index (χ0n) is 13.2. The van der Waals surface area contributed by atoms with E-state index >= 15 is 0 Å². The number of rotatable bonds is 6.